The number of carbonyl (C=O) groups is 2. The Kier molecular flexibility index (Phi) is 5.39. The van der Waals surface area contributed by atoms with Crippen LogP contribution in [0.2, 0.25) is 0 Å². The van der Waals surface area contributed by atoms with Crippen molar-refractivity contribution in [1.29, 1.82) is 0 Å². The molecular formula is C18H16BrFO4. The molecule has 0 heterocycles. The lowest BCUT2D eigenvalue weighted by Gasteiger charge is -2.15. The first kappa shape index (κ1) is 18.1. The van der Waals surface area contributed by atoms with E-state index in [1.807, 2.05) is 0 Å². The number of esters is 1. The van der Waals surface area contributed by atoms with E-state index in [-0.39, 0.29) is 38.8 Å². The zero-order valence-corrected chi connectivity index (χ0v) is 15.0. The van der Waals surface area contributed by atoms with E-state index >= 15 is 0 Å². The molecule has 0 unspecified atom stereocenters. The molecule has 1 N–H and O–H groups in total. The van der Waals surface area contributed by atoms with E-state index in [0.29, 0.717) is 5.56 Å². The SMILES string of the molecule is Cc1cc(C(=O)C(C)C)c(O)c(Br)c1OC(=O)c1ccc(F)cc1. The van der Waals surface area contributed by atoms with Crippen molar-refractivity contribution in [3.63, 3.8) is 0 Å². The number of benzene rings is 2. The average Bonchev–Trinajstić information content (AvgIpc) is 2.54. The third kappa shape index (κ3) is 3.64. The number of phenolic OH excluding ortho intramolecular Hbond substituents is 1. The van der Waals surface area contributed by atoms with Gasteiger partial charge in [-0.1, -0.05) is 13.8 Å². The molecule has 0 aliphatic heterocycles. The van der Waals surface area contributed by atoms with Gasteiger partial charge < -0.3 is 9.84 Å². The Balaban J connectivity index is 2.38. The van der Waals surface area contributed by atoms with Crippen LogP contribution in [0.5, 0.6) is 11.5 Å². The molecule has 0 radical (unpaired) electrons. The van der Waals surface area contributed by atoms with Crippen molar-refractivity contribution >= 4 is 27.7 Å². The molecule has 0 aliphatic carbocycles. The van der Waals surface area contributed by atoms with Gasteiger partial charge in [0.05, 0.1) is 11.1 Å². The summed E-state index contributed by atoms with van der Waals surface area (Å²) in [6, 6.07) is 6.39. The van der Waals surface area contributed by atoms with E-state index in [0.717, 1.165) is 12.1 Å². The van der Waals surface area contributed by atoms with Gasteiger partial charge in [0.1, 0.15) is 16.0 Å². The molecule has 0 aliphatic rings. The van der Waals surface area contributed by atoms with Crippen LogP contribution in [-0.2, 0) is 0 Å². The van der Waals surface area contributed by atoms with Gasteiger partial charge >= 0.3 is 5.97 Å². The second-order valence-corrected chi connectivity index (χ2v) is 6.44. The van der Waals surface area contributed by atoms with Gasteiger partial charge in [-0.2, -0.15) is 0 Å². The largest absolute Gasteiger partial charge is 0.506 e. The summed E-state index contributed by atoms with van der Waals surface area (Å²) in [7, 11) is 0. The molecule has 0 spiro atoms. The molecule has 2 aromatic carbocycles. The summed E-state index contributed by atoms with van der Waals surface area (Å²) in [4.78, 5) is 24.3. The Morgan fingerprint density at radius 2 is 1.79 bits per heavy atom. The lowest BCUT2D eigenvalue weighted by atomic mass is 9.98. The first-order chi connectivity index (χ1) is 11.2. The predicted molar refractivity (Wildman–Crippen MR) is 91.1 cm³/mol. The van der Waals surface area contributed by atoms with Crippen LogP contribution >= 0.6 is 15.9 Å². The highest BCUT2D eigenvalue weighted by Crippen LogP contribution is 2.40. The molecule has 0 bridgehead atoms. The second-order valence-electron chi connectivity index (χ2n) is 5.65. The fraction of sp³-hybridized carbons (Fsp3) is 0.222. The number of ketones is 1. The van der Waals surface area contributed by atoms with Gasteiger partial charge in [0.25, 0.3) is 0 Å². The Hall–Kier alpha value is -2.21. The Morgan fingerprint density at radius 1 is 1.21 bits per heavy atom. The van der Waals surface area contributed by atoms with Gasteiger partial charge in [0, 0.05) is 5.92 Å². The fourth-order valence-electron chi connectivity index (χ4n) is 2.11. The number of carbonyl (C=O) groups excluding carboxylic acids is 2. The first-order valence-electron chi connectivity index (χ1n) is 7.26. The zero-order chi connectivity index (χ0) is 18.0. The standard InChI is InChI=1S/C18H16BrFO4/c1-9(2)15(21)13-8-10(3)17(14(19)16(13)22)24-18(23)11-4-6-12(20)7-5-11/h4-9,22H,1-3H3. The van der Waals surface area contributed by atoms with Crippen molar-refractivity contribution in [2.24, 2.45) is 5.92 Å². The molecule has 0 atom stereocenters. The molecule has 4 nitrogen and oxygen atoms in total. The summed E-state index contributed by atoms with van der Waals surface area (Å²) >= 11 is 3.17. The minimum Gasteiger partial charge on any atom is -0.506 e. The fourth-order valence-corrected chi connectivity index (χ4v) is 2.72. The summed E-state index contributed by atoms with van der Waals surface area (Å²) in [5.74, 6) is -1.81. The number of halogens is 2. The highest BCUT2D eigenvalue weighted by Gasteiger charge is 2.23. The number of phenols is 1. The smallest absolute Gasteiger partial charge is 0.343 e. The van der Waals surface area contributed by atoms with E-state index in [4.69, 9.17) is 4.74 Å². The molecule has 126 valence electrons. The van der Waals surface area contributed by atoms with Crippen molar-refractivity contribution < 1.29 is 23.8 Å². The van der Waals surface area contributed by atoms with E-state index < -0.39 is 11.8 Å². The lowest BCUT2D eigenvalue weighted by Crippen LogP contribution is -2.12. The number of ether oxygens (including phenoxy) is 1. The van der Waals surface area contributed by atoms with Crippen LogP contribution in [0.15, 0.2) is 34.8 Å². The van der Waals surface area contributed by atoms with E-state index in [2.05, 4.69) is 15.9 Å². The monoisotopic (exact) mass is 394 g/mol. The molecule has 6 heteroatoms. The van der Waals surface area contributed by atoms with Crippen LogP contribution in [0.4, 0.5) is 4.39 Å². The molecule has 2 aromatic rings. The highest BCUT2D eigenvalue weighted by molar-refractivity contribution is 9.10. The summed E-state index contributed by atoms with van der Waals surface area (Å²) in [5, 5.41) is 10.2. The Labute approximate surface area is 147 Å². The van der Waals surface area contributed by atoms with Gasteiger partial charge in [-0.25, -0.2) is 9.18 Å². The lowest BCUT2D eigenvalue weighted by molar-refractivity contribution is 0.0732. The van der Waals surface area contributed by atoms with Crippen LogP contribution in [0.3, 0.4) is 0 Å². The summed E-state index contributed by atoms with van der Waals surface area (Å²) in [6.07, 6.45) is 0. The van der Waals surface area contributed by atoms with Crippen LogP contribution in [0, 0.1) is 18.7 Å². The molecule has 24 heavy (non-hydrogen) atoms. The third-order valence-corrected chi connectivity index (χ3v) is 4.18. The molecule has 0 amide bonds. The van der Waals surface area contributed by atoms with Crippen molar-refractivity contribution in [3.8, 4) is 11.5 Å². The maximum Gasteiger partial charge on any atom is 0.343 e. The third-order valence-electron chi connectivity index (χ3n) is 3.45. The van der Waals surface area contributed by atoms with Crippen molar-refractivity contribution in [2.75, 3.05) is 0 Å². The van der Waals surface area contributed by atoms with Crippen molar-refractivity contribution in [2.45, 2.75) is 20.8 Å². The topological polar surface area (TPSA) is 63.6 Å². The number of aryl methyl sites for hydroxylation is 1. The van der Waals surface area contributed by atoms with Gasteiger partial charge in [-0.05, 0) is 58.7 Å². The van der Waals surface area contributed by atoms with Crippen LogP contribution in [0.25, 0.3) is 0 Å². The quantitative estimate of drug-likeness (QED) is 0.465. The van der Waals surface area contributed by atoms with Crippen molar-refractivity contribution in [1.82, 2.24) is 0 Å². The van der Waals surface area contributed by atoms with Crippen LogP contribution in [-0.4, -0.2) is 16.9 Å². The molecule has 0 saturated carbocycles. The van der Waals surface area contributed by atoms with Gasteiger partial charge in [-0.3, -0.25) is 4.79 Å². The molecule has 0 aromatic heterocycles. The predicted octanol–water partition coefficient (Wildman–Crippen LogP) is 4.66. The summed E-state index contributed by atoms with van der Waals surface area (Å²) in [6.45, 7) is 5.12. The second kappa shape index (κ2) is 7.13. The van der Waals surface area contributed by atoms with Gasteiger partial charge in [0.2, 0.25) is 0 Å². The summed E-state index contributed by atoms with van der Waals surface area (Å²) in [5.41, 5.74) is 0.847. The Bertz CT molecular complexity index is 798. The van der Waals surface area contributed by atoms with Gasteiger partial charge in [0.15, 0.2) is 11.5 Å². The minimum absolute atomic E-state index is 0.113. The van der Waals surface area contributed by atoms with Gasteiger partial charge in [-0.15, -0.1) is 0 Å². The number of hydrogen-bond donors (Lipinski definition) is 1. The zero-order valence-electron chi connectivity index (χ0n) is 13.4. The minimum atomic E-state index is -0.693. The first-order valence-corrected chi connectivity index (χ1v) is 8.05. The summed E-state index contributed by atoms with van der Waals surface area (Å²) < 4.78 is 18.3. The molecule has 0 saturated heterocycles. The van der Waals surface area contributed by atoms with E-state index in [1.165, 1.54) is 18.2 Å². The normalized spacial score (nSPS) is 10.8. The van der Waals surface area contributed by atoms with Crippen LogP contribution < -0.4 is 4.74 Å². The van der Waals surface area contributed by atoms with E-state index in [9.17, 15) is 19.1 Å². The maximum atomic E-state index is 12.9. The number of rotatable bonds is 4. The number of aromatic hydroxyl groups is 1. The molecule has 2 rings (SSSR count). The molecule has 0 fully saturated rings. The average molecular weight is 395 g/mol. The Morgan fingerprint density at radius 3 is 2.33 bits per heavy atom. The maximum absolute atomic E-state index is 12.9. The number of Topliss-reactive ketones (excluding diaryl/α,β-unsaturated/α-hetero) is 1. The van der Waals surface area contributed by atoms with Crippen molar-refractivity contribution in [3.05, 3.63) is 57.3 Å². The van der Waals surface area contributed by atoms with Crippen LogP contribution in [0.1, 0.15) is 40.1 Å². The molecular weight excluding hydrogens is 379 g/mol. The highest BCUT2D eigenvalue weighted by atomic mass is 79.9. The number of hydrogen-bond acceptors (Lipinski definition) is 4. The van der Waals surface area contributed by atoms with E-state index in [1.54, 1.807) is 20.8 Å².